The Balaban J connectivity index is 1.91. The van der Waals surface area contributed by atoms with Gasteiger partial charge in [0.15, 0.2) is 0 Å². The molecule has 5 aromatic rings. The van der Waals surface area contributed by atoms with Crippen molar-refractivity contribution in [1.29, 1.82) is 0 Å². The topological polar surface area (TPSA) is 101 Å². The van der Waals surface area contributed by atoms with E-state index in [-0.39, 0.29) is 33.1 Å². The van der Waals surface area contributed by atoms with Crippen molar-refractivity contribution in [2.45, 2.75) is 26.7 Å². The van der Waals surface area contributed by atoms with Crippen LogP contribution in [0.3, 0.4) is 0 Å². The molecule has 2 N–H and O–H groups in total. The van der Waals surface area contributed by atoms with E-state index in [1.54, 1.807) is 50.2 Å². The molecule has 0 aliphatic rings. The maximum atomic E-state index is 13.3. The number of benzene rings is 3. The first-order valence-electron chi connectivity index (χ1n) is 11.0. The molecule has 0 aliphatic heterocycles. The molecule has 0 aliphatic carbocycles. The van der Waals surface area contributed by atoms with Crippen LogP contribution in [0.5, 0.6) is 11.5 Å². The molecule has 0 amide bonds. The zero-order chi connectivity index (χ0) is 25.9. The number of aromatic hydroxyl groups is 2. The average molecular weight is 523 g/mol. The molecule has 2 aromatic heterocycles. The molecule has 0 bridgehead atoms. The number of fused-ring (bicyclic) bond motifs is 2. The van der Waals surface area contributed by atoms with Gasteiger partial charge in [0.05, 0.1) is 27.8 Å². The first-order valence-corrected chi connectivity index (χ1v) is 11.8. The SMILES string of the molecule is Cc1ccc(C(c2c(O)c3cc(Cl)c(C)cc3oc2=O)c2c(O)c3cc(Cl)c(C)cc3oc2=O)cc1. The van der Waals surface area contributed by atoms with Gasteiger partial charge in [-0.05, 0) is 61.7 Å². The van der Waals surface area contributed by atoms with E-state index in [0.717, 1.165) is 5.56 Å². The van der Waals surface area contributed by atoms with Crippen molar-refractivity contribution >= 4 is 45.1 Å². The monoisotopic (exact) mass is 522 g/mol. The highest BCUT2D eigenvalue weighted by Gasteiger charge is 2.32. The van der Waals surface area contributed by atoms with Crippen molar-refractivity contribution in [1.82, 2.24) is 0 Å². The lowest BCUT2D eigenvalue weighted by atomic mass is 9.84. The second kappa shape index (κ2) is 8.73. The molecular weight excluding hydrogens is 503 g/mol. The molecule has 0 fully saturated rings. The van der Waals surface area contributed by atoms with E-state index in [4.69, 9.17) is 32.0 Å². The summed E-state index contributed by atoms with van der Waals surface area (Å²) < 4.78 is 11.1. The van der Waals surface area contributed by atoms with Crippen LogP contribution in [0, 0.1) is 20.8 Å². The van der Waals surface area contributed by atoms with Crippen LogP contribution in [0.15, 0.2) is 67.0 Å². The highest BCUT2D eigenvalue weighted by Crippen LogP contribution is 2.43. The fourth-order valence-electron chi connectivity index (χ4n) is 4.39. The van der Waals surface area contributed by atoms with E-state index in [2.05, 4.69) is 0 Å². The molecule has 5 rings (SSSR count). The van der Waals surface area contributed by atoms with Crippen molar-refractivity contribution in [2.75, 3.05) is 0 Å². The fraction of sp³-hybridized carbons (Fsp3) is 0.143. The summed E-state index contributed by atoms with van der Waals surface area (Å²) in [5.74, 6) is -2.03. The van der Waals surface area contributed by atoms with Gasteiger partial charge in [-0.15, -0.1) is 0 Å². The van der Waals surface area contributed by atoms with Crippen molar-refractivity contribution < 1.29 is 19.0 Å². The van der Waals surface area contributed by atoms with Gasteiger partial charge in [0.1, 0.15) is 22.7 Å². The normalized spacial score (nSPS) is 11.6. The highest BCUT2D eigenvalue weighted by atomic mass is 35.5. The lowest BCUT2D eigenvalue weighted by molar-refractivity contribution is 0.441. The first kappa shape index (κ1) is 24.0. The van der Waals surface area contributed by atoms with E-state index >= 15 is 0 Å². The largest absolute Gasteiger partial charge is 0.507 e. The van der Waals surface area contributed by atoms with Crippen LogP contribution < -0.4 is 11.3 Å². The maximum Gasteiger partial charge on any atom is 0.344 e. The zero-order valence-electron chi connectivity index (χ0n) is 19.5. The third-order valence-electron chi connectivity index (χ3n) is 6.38. The second-order valence-electron chi connectivity index (χ2n) is 8.84. The molecule has 3 aromatic carbocycles. The Morgan fingerprint density at radius 1 is 0.694 bits per heavy atom. The molecule has 2 heterocycles. The molecular formula is C28H20Cl2O6. The Hall–Kier alpha value is -3.74. The van der Waals surface area contributed by atoms with Crippen molar-refractivity contribution in [3.8, 4) is 11.5 Å². The minimum absolute atomic E-state index is 0.142. The van der Waals surface area contributed by atoms with Crippen LogP contribution in [0.4, 0.5) is 0 Å². The minimum atomic E-state index is -1.22. The molecule has 0 atom stereocenters. The summed E-state index contributed by atoms with van der Waals surface area (Å²) in [6.45, 7) is 5.37. The van der Waals surface area contributed by atoms with Gasteiger partial charge in [-0.3, -0.25) is 0 Å². The molecule has 0 saturated carbocycles. The molecule has 8 heteroatoms. The first-order chi connectivity index (χ1) is 17.1. The summed E-state index contributed by atoms with van der Waals surface area (Å²) in [5.41, 5.74) is 0.807. The van der Waals surface area contributed by atoms with Crippen LogP contribution in [0.2, 0.25) is 10.0 Å². The summed E-state index contributed by atoms with van der Waals surface area (Å²) in [7, 11) is 0. The van der Waals surface area contributed by atoms with Crippen LogP contribution in [-0.2, 0) is 0 Å². The number of hydrogen-bond acceptors (Lipinski definition) is 6. The predicted molar refractivity (Wildman–Crippen MR) is 140 cm³/mol. The maximum absolute atomic E-state index is 13.3. The van der Waals surface area contributed by atoms with Gasteiger partial charge in [0.2, 0.25) is 0 Å². The molecule has 182 valence electrons. The van der Waals surface area contributed by atoms with Crippen molar-refractivity contribution in [3.05, 3.63) is 113 Å². The van der Waals surface area contributed by atoms with E-state index in [1.807, 2.05) is 6.92 Å². The molecule has 0 unspecified atom stereocenters. The van der Waals surface area contributed by atoms with Gasteiger partial charge in [-0.1, -0.05) is 53.0 Å². The summed E-state index contributed by atoms with van der Waals surface area (Å²) in [5, 5.41) is 23.7. The standard InChI is InChI=1S/C28H20Cl2O6/c1-12-4-6-15(7-5-12)22(23-25(31)16-10-18(29)13(2)8-20(16)35-27(23)33)24-26(32)17-11-19(30)14(3)9-21(17)36-28(24)34/h4-11,22,31-32H,1-3H3. The number of hydrogen-bond donors (Lipinski definition) is 2. The summed E-state index contributed by atoms with van der Waals surface area (Å²) >= 11 is 12.6. The smallest absolute Gasteiger partial charge is 0.344 e. The van der Waals surface area contributed by atoms with Gasteiger partial charge >= 0.3 is 11.3 Å². The van der Waals surface area contributed by atoms with Crippen LogP contribution in [-0.4, -0.2) is 10.2 Å². The molecule has 0 spiro atoms. The lowest BCUT2D eigenvalue weighted by Gasteiger charge is -2.20. The summed E-state index contributed by atoms with van der Waals surface area (Å²) in [6.07, 6.45) is 0. The average Bonchev–Trinajstić information content (AvgIpc) is 2.82. The quantitative estimate of drug-likeness (QED) is 0.255. The third kappa shape index (κ3) is 3.83. The van der Waals surface area contributed by atoms with Gasteiger partial charge in [0, 0.05) is 10.0 Å². The molecule has 0 radical (unpaired) electrons. The second-order valence-corrected chi connectivity index (χ2v) is 9.66. The van der Waals surface area contributed by atoms with Crippen molar-refractivity contribution in [2.24, 2.45) is 0 Å². The zero-order valence-corrected chi connectivity index (χ0v) is 21.0. The third-order valence-corrected chi connectivity index (χ3v) is 7.19. The van der Waals surface area contributed by atoms with Gasteiger partial charge < -0.3 is 19.0 Å². The molecule has 0 saturated heterocycles. The van der Waals surface area contributed by atoms with Crippen LogP contribution in [0.25, 0.3) is 21.9 Å². The summed E-state index contributed by atoms with van der Waals surface area (Å²) in [4.78, 5) is 26.6. The number of rotatable bonds is 3. The Morgan fingerprint density at radius 2 is 1.11 bits per heavy atom. The van der Waals surface area contributed by atoms with Gasteiger partial charge in [-0.2, -0.15) is 0 Å². The number of halogens is 2. The Labute approximate surface area is 214 Å². The van der Waals surface area contributed by atoms with E-state index in [9.17, 15) is 19.8 Å². The molecule has 36 heavy (non-hydrogen) atoms. The Morgan fingerprint density at radius 3 is 1.53 bits per heavy atom. The van der Waals surface area contributed by atoms with Crippen LogP contribution in [0.1, 0.15) is 39.3 Å². The minimum Gasteiger partial charge on any atom is -0.507 e. The fourth-order valence-corrected chi connectivity index (χ4v) is 4.72. The van der Waals surface area contributed by atoms with Crippen LogP contribution >= 0.6 is 23.2 Å². The van der Waals surface area contributed by atoms with E-state index < -0.39 is 28.7 Å². The summed E-state index contributed by atoms with van der Waals surface area (Å²) in [6, 6.07) is 13.1. The highest BCUT2D eigenvalue weighted by molar-refractivity contribution is 6.32. The van der Waals surface area contributed by atoms with Gasteiger partial charge in [0.25, 0.3) is 0 Å². The predicted octanol–water partition coefficient (Wildman–Crippen LogP) is 6.72. The number of aryl methyl sites for hydroxylation is 3. The Bertz CT molecular complexity index is 1690. The van der Waals surface area contributed by atoms with E-state index in [1.165, 1.54) is 12.1 Å². The molecule has 6 nitrogen and oxygen atoms in total. The van der Waals surface area contributed by atoms with Gasteiger partial charge in [-0.25, -0.2) is 9.59 Å². The van der Waals surface area contributed by atoms with Crippen molar-refractivity contribution in [3.63, 3.8) is 0 Å². The lowest BCUT2D eigenvalue weighted by Crippen LogP contribution is -2.21. The Kier molecular flexibility index (Phi) is 5.81. The van der Waals surface area contributed by atoms with E-state index in [0.29, 0.717) is 26.7 Å².